The van der Waals surface area contributed by atoms with E-state index in [0.29, 0.717) is 16.8 Å². The molecule has 2 heterocycles. The van der Waals surface area contributed by atoms with Gasteiger partial charge in [0.25, 0.3) is 0 Å². The molecule has 2 aromatic rings. The number of thiazole rings is 1. The number of nitrogens with zero attached hydrogens (tertiary/aromatic N) is 1. The standard InChI is InChI=1S/C20H32N4O2S3/c1-16-24-18(15-27-16)19-9-10-20(28-19)29(25,26)23-12-6-5-11-21-13-14-22-17-7-3-2-4-8-17/h9-10,15,17,21-23H,2-8,11-14H2,1H3. The summed E-state index contributed by atoms with van der Waals surface area (Å²) < 4.78 is 28.0. The van der Waals surface area contributed by atoms with Gasteiger partial charge >= 0.3 is 0 Å². The van der Waals surface area contributed by atoms with E-state index in [1.54, 1.807) is 17.4 Å². The van der Waals surface area contributed by atoms with E-state index in [1.807, 2.05) is 18.4 Å². The SMILES string of the molecule is Cc1nc(-c2ccc(S(=O)(=O)NCCCCNCCNC3CCCCC3)s2)cs1. The summed E-state index contributed by atoms with van der Waals surface area (Å²) in [5.41, 5.74) is 0.850. The average molecular weight is 457 g/mol. The summed E-state index contributed by atoms with van der Waals surface area (Å²) in [6, 6.07) is 4.20. The van der Waals surface area contributed by atoms with Gasteiger partial charge in [-0.1, -0.05) is 19.3 Å². The summed E-state index contributed by atoms with van der Waals surface area (Å²) in [5.74, 6) is 0. The molecule has 162 valence electrons. The fraction of sp³-hybridized carbons (Fsp3) is 0.650. The molecule has 0 unspecified atom stereocenters. The number of unbranched alkanes of at least 4 members (excludes halogenated alkanes) is 1. The normalized spacial score (nSPS) is 15.8. The molecule has 0 atom stereocenters. The van der Waals surface area contributed by atoms with Crippen LogP contribution in [0.3, 0.4) is 0 Å². The van der Waals surface area contributed by atoms with E-state index < -0.39 is 10.0 Å². The summed E-state index contributed by atoms with van der Waals surface area (Å²) in [6.07, 6.45) is 8.52. The van der Waals surface area contributed by atoms with Crippen LogP contribution in [0.4, 0.5) is 0 Å². The molecule has 0 aliphatic heterocycles. The summed E-state index contributed by atoms with van der Waals surface area (Å²) in [6.45, 7) is 5.31. The Balaban J connectivity index is 1.27. The van der Waals surface area contributed by atoms with Gasteiger partial charge in [0.15, 0.2) is 0 Å². The lowest BCUT2D eigenvalue weighted by Gasteiger charge is -2.22. The van der Waals surface area contributed by atoms with Gasteiger partial charge in [-0.15, -0.1) is 22.7 Å². The average Bonchev–Trinajstić information content (AvgIpc) is 3.37. The number of aromatic nitrogens is 1. The van der Waals surface area contributed by atoms with Crippen LogP contribution in [-0.4, -0.2) is 45.6 Å². The Kier molecular flexibility index (Phi) is 9.08. The minimum absolute atomic E-state index is 0.352. The van der Waals surface area contributed by atoms with Crippen LogP contribution in [0.1, 0.15) is 50.0 Å². The number of sulfonamides is 1. The topological polar surface area (TPSA) is 83.1 Å². The van der Waals surface area contributed by atoms with Crippen molar-refractivity contribution in [2.24, 2.45) is 0 Å². The fourth-order valence-corrected chi connectivity index (χ4v) is 6.60. The maximum atomic E-state index is 12.5. The predicted octanol–water partition coefficient (Wildman–Crippen LogP) is 3.75. The maximum Gasteiger partial charge on any atom is 0.250 e. The number of hydrogen-bond acceptors (Lipinski definition) is 7. The van der Waals surface area contributed by atoms with Crippen molar-refractivity contribution in [3.8, 4) is 10.6 Å². The van der Waals surface area contributed by atoms with E-state index in [1.165, 1.54) is 43.4 Å². The highest BCUT2D eigenvalue weighted by molar-refractivity contribution is 7.91. The zero-order valence-electron chi connectivity index (χ0n) is 17.1. The number of nitrogens with one attached hydrogen (secondary N) is 3. The lowest BCUT2D eigenvalue weighted by Crippen LogP contribution is -2.36. The van der Waals surface area contributed by atoms with Gasteiger partial charge < -0.3 is 10.6 Å². The molecule has 0 saturated heterocycles. The quantitative estimate of drug-likeness (QED) is 0.424. The third kappa shape index (κ3) is 7.41. The minimum atomic E-state index is -3.44. The van der Waals surface area contributed by atoms with Crippen LogP contribution < -0.4 is 15.4 Å². The van der Waals surface area contributed by atoms with Crippen LogP contribution in [0, 0.1) is 6.92 Å². The second kappa shape index (κ2) is 11.5. The zero-order chi connectivity index (χ0) is 20.5. The van der Waals surface area contributed by atoms with Crippen LogP contribution >= 0.6 is 22.7 Å². The third-order valence-corrected chi connectivity index (χ3v) is 8.96. The van der Waals surface area contributed by atoms with Crippen molar-refractivity contribution in [1.29, 1.82) is 0 Å². The van der Waals surface area contributed by atoms with Crippen LogP contribution in [0.25, 0.3) is 10.6 Å². The van der Waals surface area contributed by atoms with Crippen molar-refractivity contribution >= 4 is 32.7 Å². The van der Waals surface area contributed by atoms with Crippen LogP contribution in [-0.2, 0) is 10.0 Å². The van der Waals surface area contributed by atoms with Crippen molar-refractivity contribution in [1.82, 2.24) is 20.3 Å². The molecule has 0 radical (unpaired) electrons. The Morgan fingerprint density at radius 1 is 1.07 bits per heavy atom. The number of thiophene rings is 1. The number of rotatable bonds is 12. The van der Waals surface area contributed by atoms with E-state index in [0.717, 1.165) is 48.1 Å². The molecule has 0 spiro atoms. The van der Waals surface area contributed by atoms with Gasteiger partial charge in [0, 0.05) is 31.1 Å². The Hall–Kier alpha value is -0.840. The molecule has 0 amide bonds. The van der Waals surface area contributed by atoms with Crippen LogP contribution in [0.15, 0.2) is 21.7 Å². The number of aryl methyl sites for hydroxylation is 1. The lowest BCUT2D eigenvalue weighted by molar-refractivity contribution is 0.372. The fourth-order valence-electron chi connectivity index (χ4n) is 3.53. The maximum absolute atomic E-state index is 12.5. The van der Waals surface area contributed by atoms with Crippen molar-refractivity contribution in [3.63, 3.8) is 0 Å². The van der Waals surface area contributed by atoms with E-state index in [2.05, 4.69) is 20.3 Å². The Morgan fingerprint density at radius 2 is 1.86 bits per heavy atom. The molecule has 1 aliphatic rings. The van der Waals surface area contributed by atoms with Crippen molar-refractivity contribution in [3.05, 3.63) is 22.5 Å². The summed E-state index contributed by atoms with van der Waals surface area (Å²) >= 11 is 2.84. The van der Waals surface area contributed by atoms with Gasteiger partial charge in [-0.05, 0) is 51.3 Å². The summed E-state index contributed by atoms with van der Waals surface area (Å²) in [4.78, 5) is 5.31. The first-order valence-electron chi connectivity index (χ1n) is 10.5. The van der Waals surface area contributed by atoms with E-state index in [4.69, 9.17) is 0 Å². The van der Waals surface area contributed by atoms with Crippen LogP contribution in [0.5, 0.6) is 0 Å². The van der Waals surface area contributed by atoms with Crippen molar-refractivity contribution in [2.75, 3.05) is 26.2 Å². The Bertz CT molecular complexity index is 842. The molecular weight excluding hydrogens is 424 g/mol. The summed E-state index contributed by atoms with van der Waals surface area (Å²) in [7, 11) is -3.44. The molecule has 3 N–H and O–H groups in total. The second-order valence-electron chi connectivity index (χ2n) is 7.51. The highest BCUT2D eigenvalue weighted by atomic mass is 32.2. The van der Waals surface area contributed by atoms with E-state index in [9.17, 15) is 8.42 Å². The highest BCUT2D eigenvalue weighted by Gasteiger charge is 2.17. The van der Waals surface area contributed by atoms with E-state index >= 15 is 0 Å². The first-order chi connectivity index (χ1) is 14.0. The second-order valence-corrected chi connectivity index (χ2v) is 11.7. The molecule has 0 aromatic carbocycles. The largest absolute Gasteiger partial charge is 0.315 e. The first kappa shape index (κ1) is 22.8. The van der Waals surface area contributed by atoms with Gasteiger partial charge in [-0.3, -0.25) is 0 Å². The Labute approximate surface area is 182 Å². The van der Waals surface area contributed by atoms with Gasteiger partial charge in [-0.2, -0.15) is 0 Å². The van der Waals surface area contributed by atoms with Gasteiger partial charge in [0.1, 0.15) is 4.21 Å². The molecule has 1 fully saturated rings. The van der Waals surface area contributed by atoms with Gasteiger partial charge in [0.2, 0.25) is 10.0 Å². The molecule has 29 heavy (non-hydrogen) atoms. The molecular formula is C20H32N4O2S3. The highest BCUT2D eigenvalue weighted by Crippen LogP contribution is 2.31. The van der Waals surface area contributed by atoms with Gasteiger partial charge in [-0.25, -0.2) is 18.1 Å². The van der Waals surface area contributed by atoms with Crippen molar-refractivity contribution in [2.45, 2.75) is 62.1 Å². The molecule has 3 rings (SSSR count). The van der Waals surface area contributed by atoms with Crippen molar-refractivity contribution < 1.29 is 8.42 Å². The molecule has 1 saturated carbocycles. The molecule has 6 nitrogen and oxygen atoms in total. The van der Waals surface area contributed by atoms with Gasteiger partial charge in [0.05, 0.1) is 15.6 Å². The zero-order valence-corrected chi connectivity index (χ0v) is 19.5. The molecule has 0 bridgehead atoms. The lowest BCUT2D eigenvalue weighted by atomic mass is 9.95. The monoisotopic (exact) mass is 456 g/mol. The molecule has 9 heteroatoms. The van der Waals surface area contributed by atoms with Crippen LogP contribution in [0.2, 0.25) is 0 Å². The minimum Gasteiger partial charge on any atom is -0.315 e. The number of hydrogen-bond donors (Lipinski definition) is 3. The summed E-state index contributed by atoms with van der Waals surface area (Å²) in [5, 5.41) is 10.00. The predicted molar refractivity (Wildman–Crippen MR) is 122 cm³/mol. The third-order valence-electron chi connectivity index (χ3n) is 5.13. The van der Waals surface area contributed by atoms with E-state index in [-0.39, 0.29) is 0 Å². The smallest absolute Gasteiger partial charge is 0.250 e. The first-order valence-corrected chi connectivity index (χ1v) is 13.7. The molecule has 2 aromatic heterocycles. The molecule has 1 aliphatic carbocycles. The Morgan fingerprint density at radius 3 is 2.62 bits per heavy atom.